The van der Waals surface area contributed by atoms with E-state index in [1.807, 2.05) is 12.1 Å². The van der Waals surface area contributed by atoms with E-state index in [0.717, 1.165) is 31.1 Å². The number of pyridine rings is 1. The summed E-state index contributed by atoms with van der Waals surface area (Å²) < 4.78 is 5.60. The summed E-state index contributed by atoms with van der Waals surface area (Å²) in [6.45, 7) is 12.0. The summed E-state index contributed by atoms with van der Waals surface area (Å²) in [5.74, 6) is 1.24. The number of rotatable bonds is 8. The zero-order valence-corrected chi connectivity index (χ0v) is 12.1. The van der Waals surface area contributed by atoms with Crippen molar-refractivity contribution in [3.8, 4) is 0 Å². The molecule has 0 spiro atoms. The van der Waals surface area contributed by atoms with Gasteiger partial charge in [0.05, 0.1) is 18.0 Å². The lowest BCUT2D eigenvalue weighted by Gasteiger charge is -2.09. The lowest BCUT2D eigenvalue weighted by Crippen LogP contribution is -2.19. The second kappa shape index (κ2) is 8.22. The predicted octanol–water partition coefficient (Wildman–Crippen LogP) is 3.00. The highest BCUT2D eigenvalue weighted by Gasteiger charge is 2.00. The molecule has 0 aliphatic heterocycles. The third-order valence-electron chi connectivity index (χ3n) is 2.42. The minimum absolute atomic E-state index is 0.570. The van der Waals surface area contributed by atoms with E-state index in [4.69, 9.17) is 4.74 Å². The highest BCUT2D eigenvalue weighted by Crippen LogP contribution is 2.03. The van der Waals surface area contributed by atoms with E-state index in [1.54, 1.807) is 0 Å². The molecule has 18 heavy (non-hydrogen) atoms. The van der Waals surface area contributed by atoms with Gasteiger partial charge in [-0.15, -0.1) is 0 Å². The van der Waals surface area contributed by atoms with Crippen molar-refractivity contribution in [3.05, 3.63) is 29.6 Å². The predicted molar refractivity (Wildman–Crippen MR) is 75.3 cm³/mol. The maximum atomic E-state index is 5.60. The van der Waals surface area contributed by atoms with Crippen molar-refractivity contribution in [2.75, 3.05) is 13.2 Å². The number of aromatic nitrogens is 1. The molecule has 1 aromatic rings. The van der Waals surface area contributed by atoms with Crippen molar-refractivity contribution in [1.82, 2.24) is 10.3 Å². The Labute approximate surface area is 111 Å². The van der Waals surface area contributed by atoms with E-state index in [1.165, 1.54) is 0 Å². The standard InChI is InChI=1S/C15H26N2O/c1-12(2)8-16-9-14-6-5-7-15(17-14)11-18-10-13(3)4/h5-7,12-13,16H,8-11H2,1-4H3. The van der Waals surface area contributed by atoms with E-state index in [2.05, 4.69) is 44.1 Å². The van der Waals surface area contributed by atoms with Crippen LogP contribution >= 0.6 is 0 Å². The van der Waals surface area contributed by atoms with Crippen LogP contribution in [0.2, 0.25) is 0 Å². The fourth-order valence-electron chi connectivity index (χ4n) is 1.60. The summed E-state index contributed by atoms with van der Waals surface area (Å²) in [5.41, 5.74) is 2.10. The summed E-state index contributed by atoms with van der Waals surface area (Å²) in [6, 6.07) is 6.12. The highest BCUT2D eigenvalue weighted by molar-refractivity contribution is 5.10. The van der Waals surface area contributed by atoms with Gasteiger partial charge in [0.2, 0.25) is 0 Å². The van der Waals surface area contributed by atoms with E-state index in [0.29, 0.717) is 18.4 Å². The van der Waals surface area contributed by atoms with Crippen molar-refractivity contribution in [1.29, 1.82) is 0 Å². The normalized spacial score (nSPS) is 11.4. The Balaban J connectivity index is 2.36. The Bertz CT molecular complexity index is 308. The molecule has 0 unspecified atom stereocenters. The van der Waals surface area contributed by atoms with Gasteiger partial charge in [0.1, 0.15) is 0 Å². The molecular weight excluding hydrogens is 224 g/mol. The fraction of sp³-hybridized carbons (Fsp3) is 0.667. The van der Waals surface area contributed by atoms with Gasteiger partial charge in [0.25, 0.3) is 0 Å². The number of ether oxygens (including phenoxy) is 1. The molecule has 3 nitrogen and oxygen atoms in total. The Morgan fingerprint density at radius 1 is 1.11 bits per heavy atom. The summed E-state index contributed by atoms with van der Waals surface area (Å²) >= 11 is 0. The van der Waals surface area contributed by atoms with Crippen LogP contribution in [0.1, 0.15) is 39.1 Å². The van der Waals surface area contributed by atoms with Crippen molar-refractivity contribution < 1.29 is 4.74 Å². The molecule has 0 saturated carbocycles. The van der Waals surface area contributed by atoms with Gasteiger partial charge in [-0.2, -0.15) is 0 Å². The molecule has 0 fully saturated rings. The lowest BCUT2D eigenvalue weighted by molar-refractivity contribution is 0.0947. The SMILES string of the molecule is CC(C)CNCc1cccc(COCC(C)C)n1. The molecule has 0 aromatic carbocycles. The molecule has 1 N–H and O–H groups in total. The Hall–Kier alpha value is -0.930. The molecule has 1 aromatic heterocycles. The van der Waals surface area contributed by atoms with Gasteiger partial charge in [-0.25, -0.2) is 0 Å². The molecule has 0 radical (unpaired) electrons. The van der Waals surface area contributed by atoms with E-state index in [-0.39, 0.29) is 0 Å². The van der Waals surface area contributed by atoms with Crippen molar-refractivity contribution in [3.63, 3.8) is 0 Å². The largest absolute Gasteiger partial charge is 0.375 e. The first kappa shape index (κ1) is 15.1. The molecule has 0 atom stereocenters. The van der Waals surface area contributed by atoms with Gasteiger partial charge in [0.15, 0.2) is 0 Å². The van der Waals surface area contributed by atoms with Gasteiger partial charge in [-0.3, -0.25) is 4.98 Å². The van der Waals surface area contributed by atoms with Gasteiger partial charge in [-0.05, 0) is 30.5 Å². The van der Waals surface area contributed by atoms with Crippen LogP contribution in [-0.4, -0.2) is 18.1 Å². The second-order valence-electron chi connectivity index (χ2n) is 5.55. The Morgan fingerprint density at radius 2 is 1.83 bits per heavy atom. The Morgan fingerprint density at radius 3 is 2.50 bits per heavy atom. The van der Waals surface area contributed by atoms with Crippen molar-refractivity contribution in [2.24, 2.45) is 11.8 Å². The maximum Gasteiger partial charge on any atom is 0.0888 e. The molecule has 0 saturated heterocycles. The Kier molecular flexibility index (Phi) is 6.91. The third kappa shape index (κ3) is 6.72. The van der Waals surface area contributed by atoms with Crippen LogP contribution in [0, 0.1) is 11.8 Å². The number of hydrogen-bond acceptors (Lipinski definition) is 3. The van der Waals surface area contributed by atoms with Crippen LogP contribution in [0.15, 0.2) is 18.2 Å². The van der Waals surface area contributed by atoms with E-state index >= 15 is 0 Å². The summed E-state index contributed by atoms with van der Waals surface area (Å²) in [5, 5.41) is 3.40. The second-order valence-corrected chi connectivity index (χ2v) is 5.55. The van der Waals surface area contributed by atoms with Gasteiger partial charge in [0, 0.05) is 13.2 Å². The molecule has 102 valence electrons. The summed E-state index contributed by atoms with van der Waals surface area (Å²) in [7, 11) is 0. The fourth-order valence-corrected chi connectivity index (χ4v) is 1.60. The molecule has 0 aliphatic rings. The minimum Gasteiger partial charge on any atom is -0.375 e. The molecule has 0 amide bonds. The number of hydrogen-bond donors (Lipinski definition) is 1. The lowest BCUT2D eigenvalue weighted by atomic mass is 10.2. The van der Waals surface area contributed by atoms with Crippen LogP contribution in [0.5, 0.6) is 0 Å². The van der Waals surface area contributed by atoms with E-state index < -0.39 is 0 Å². The first-order valence-electron chi connectivity index (χ1n) is 6.81. The highest BCUT2D eigenvalue weighted by atomic mass is 16.5. The quantitative estimate of drug-likeness (QED) is 0.770. The molecule has 3 heteroatoms. The van der Waals surface area contributed by atoms with Crippen molar-refractivity contribution >= 4 is 0 Å². The maximum absolute atomic E-state index is 5.60. The molecule has 1 rings (SSSR count). The number of nitrogens with zero attached hydrogens (tertiary/aromatic N) is 1. The summed E-state index contributed by atoms with van der Waals surface area (Å²) in [4.78, 5) is 4.58. The first-order valence-corrected chi connectivity index (χ1v) is 6.81. The van der Waals surface area contributed by atoms with Crippen LogP contribution < -0.4 is 5.32 Å². The van der Waals surface area contributed by atoms with Crippen LogP contribution in [-0.2, 0) is 17.9 Å². The smallest absolute Gasteiger partial charge is 0.0888 e. The zero-order chi connectivity index (χ0) is 13.4. The monoisotopic (exact) mass is 250 g/mol. The van der Waals surface area contributed by atoms with E-state index in [9.17, 15) is 0 Å². The van der Waals surface area contributed by atoms with Gasteiger partial charge in [-0.1, -0.05) is 33.8 Å². The average Bonchev–Trinajstić information content (AvgIpc) is 2.28. The summed E-state index contributed by atoms with van der Waals surface area (Å²) in [6.07, 6.45) is 0. The molecule has 1 heterocycles. The molecular formula is C15H26N2O. The topological polar surface area (TPSA) is 34.1 Å². The van der Waals surface area contributed by atoms with Gasteiger partial charge >= 0.3 is 0 Å². The minimum atomic E-state index is 0.570. The average molecular weight is 250 g/mol. The third-order valence-corrected chi connectivity index (χ3v) is 2.42. The van der Waals surface area contributed by atoms with Crippen LogP contribution in [0.25, 0.3) is 0 Å². The van der Waals surface area contributed by atoms with Crippen molar-refractivity contribution in [2.45, 2.75) is 40.8 Å². The first-order chi connectivity index (χ1) is 8.58. The molecule has 0 bridgehead atoms. The van der Waals surface area contributed by atoms with Gasteiger partial charge < -0.3 is 10.1 Å². The van der Waals surface area contributed by atoms with Crippen LogP contribution in [0.3, 0.4) is 0 Å². The molecule has 0 aliphatic carbocycles. The zero-order valence-electron chi connectivity index (χ0n) is 12.1. The van der Waals surface area contributed by atoms with Crippen LogP contribution in [0.4, 0.5) is 0 Å². The number of nitrogens with one attached hydrogen (secondary N) is 1.